The third-order valence-electron chi connectivity index (χ3n) is 4.72. The van der Waals surface area contributed by atoms with E-state index in [4.69, 9.17) is 0 Å². The number of fused-ring (bicyclic) bond motifs is 2. The van der Waals surface area contributed by atoms with Crippen molar-refractivity contribution in [1.29, 1.82) is 0 Å². The van der Waals surface area contributed by atoms with Crippen LogP contribution in [0.2, 0.25) is 0 Å². The van der Waals surface area contributed by atoms with Crippen molar-refractivity contribution in [2.45, 2.75) is 18.9 Å². The number of nitrogens with zero attached hydrogens (tertiary/aromatic N) is 1. The summed E-state index contributed by atoms with van der Waals surface area (Å²) in [5.41, 5.74) is 5.71. The number of halogens is 1. The summed E-state index contributed by atoms with van der Waals surface area (Å²) < 4.78 is 0. The lowest BCUT2D eigenvalue weighted by Crippen LogP contribution is -3.00. The molecule has 2 aromatic rings. The number of aromatic hydroxyl groups is 2. The summed E-state index contributed by atoms with van der Waals surface area (Å²) in [7, 11) is 2.16. The van der Waals surface area contributed by atoms with Gasteiger partial charge in [-0.3, -0.25) is 4.90 Å². The average molecular weight is 304 g/mol. The Balaban J connectivity index is 0.000000882. The molecule has 21 heavy (non-hydrogen) atoms. The van der Waals surface area contributed by atoms with E-state index in [1.165, 1.54) is 11.1 Å². The van der Waals surface area contributed by atoms with Crippen molar-refractivity contribution in [3.8, 4) is 22.6 Å². The molecule has 0 spiro atoms. The van der Waals surface area contributed by atoms with Crippen LogP contribution in [0.4, 0.5) is 0 Å². The molecule has 0 bridgehead atoms. The van der Waals surface area contributed by atoms with Crippen LogP contribution in [0.3, 0.4) is 0 Å². The van der Waals surface area contributed by atoms with Gasteiger partial charge in [0.25, 0.3) is 0 Å². The highest BCUT2D eigenvalue weighted by Gasteiger charge is 2.33. The van der Waals surface area contributed by atoms with Gasteiger partial charge < -0.3 is 22.6 Å². The molecule has 0 unspecified atom stereocenters. The third-order valence-corrected chi connectivity index (χ3v) is 4.72. The standard InChI is InChI=1S/C17H17NO2.ClH/c1-18-8-7-10-3-2-4-12-15(10)13(18)9-11-5-6-14(19)17(20)16(11)12;/h2-6,13,19-20H,7-9H2,1H3;1H/t13-;/m1./s1. The van der Waals surface area contributed by atoms with Crippen molar-refractivity contribution in [1.82, 2.24) is 4.90 Å². The monoisotopic (exact) mass is 303 g/mol. The average Bonchev–Trinajstić information content (AvgIpc) is 2.46. The minimum absolute atomic E-state index is 0. The first kappa shape index (κ1) is 14.2. The van der Waals surface area contributed by atoms with Gasteiger partial charge in [0.1, 0.15) is 0 Å². The van der Waals surface area contributed by atoms with Gasteiger partial charge in [0.2, 0.25) is 0 Å². The Morgan fingerprint density at radius 3 is 2.76 bits per heavy atom. The van der Waals surface area contributed by atoms with E-state index in [9.17, 15) is 10.2 Å². The Hall–Kier alpha value is -1.71. The summed E-state index contributed by atoms with van der Waals surface area (Å²) in [4.78, 5) is 2.39. The summed E-state index contributed by atoms with van der Waals surface area (Å²) in [6.45, 7) is 1.07. The number of rotatable bonds is 0. The van der Waals surface area contributed by atoms with Crippen LogP contribution in [0.5, 0.6) is 11.5 Å². The lowest BCUT2D eigenvalue weighted by molar-refractivity contribution is -0.00000573. The molecule has 0 fully saturated rings. The number of phenols is 2. The second kappa shape index (κ2) is 4.93. The summed E-state index contributed by atoms with van der Waals surface area (Å²) in [6, 6.07) is 10.2. The minimum atomic E-state index is -0.0380. The summed E-state index contributed by atoms with van der Waals surface area (Å²) in [6.07, 6.45) is 1.94. The molecule has 110 valence electrons. The Labute approximate surface area is 131 Å². The first-order valence-corrected chi connectivity index (χ1v) is 7.03. The molecule has 1 atom stereocenters. The van der Waals surface area contributed by atoms with Gasteiger partial charge in [-0.2, -0.15) is 0 Å². The molecule has 1 heterocycles. The quantitative estimate of drug-likeness (QED) is 0.672. The van der Waals surface area contributed by atoms with Crippen LogP contribution < -0.4 is 12.4 Å². The van der Waals surface area contributed by atoms with Gasteiger partial charge in [-0.15, -0.1) is 0 Å². The second-order valence-corrected chi connectivity index (χ2v) is 5.80. The van der Waals surface area contributed by atoms with E-state index in [1.807, 2.05) is 6.07 Å². The smallest absolute Gasteiger partial charge is 1.00 e. The molecule has 1 aliphatic heterocycles. The van der Waals surface area contributed by atoms with E-state index < -0.39 is 0 Å². The zero-order valence-electron chi connectivity index (χ0n) is 12.8. The number of hydrogen-bond acceptors (Lipinski definition) is 3. The first-order chi connectivity index (χ1) is 9.66. The van der Waals surface area contributed by atoms with Crippen LogP contribution in [0.1, 0.15) is 24.2 Å². The van der Waals surface area contributed by atoms with Crippen molar-refractivity contribution in [2.75, 3.05) is 13.6 Å². The highest BCUT2D eigenvalue weighted by Crippen LogP contribution is 2.49. The Morgan fingerprint density at radius 1 is 1.14 bits per heavy atom. The minimum Gasteiger partial charge on any atom is -1.00 e. The third kappa shape index (κ3) is 1.92. The fourth-order valence-electron chi connectivity index (χ4n) is 3.67. The normalized spacial score (nSPS) is 19.4. The molecular weight excluding hydrogens is 286 g/mol. The van der Waals surface area contributed by atoms with Crippen LogP contribution in [0.25, 0.3) is 11.1 Å². The SMILES string of the molecule is CN1CCc2cccc3c2[C@H]1Cc1ccc(O)c(O)c1-3.[Cl-].[H+]. The van der Waals surface area contributed by atoms with E-state index in [0.717, 1.165) is 36.1 Å². The topological polar surface area (TPSA) is 43.7 Å². The molecule has 3 nitrogen and oxygen atoms in total. The Morgan fingerprint density at radius 2 is 1.95 bits per heavy atom. The highest BCUT2D eigenvalue weighted by molar-refractivity contribution is 5.82. The number of phenolic OH excluding ortho intramolecular Hbond substituents is 2. The van der Waals surface area contributed by atoms with E-state index in [1.54, 1.807) is 6.07 Å². The molecule has 4 heteroatoms. The van der Waals surface area contributed by atoms with Crippen molar-refractivity contribution >= 4 is 0 Å². The van der Waals surface area contributed by atoms with Crippen LogP contribution in [-0.4, -0.2) is 28.7 Å². The van der Waals surface area contributed by atoms with Crippen molar-refractivity contribution in [3.63, 3.8) is 0 Å². The molecule has 1 aliphatic carbocycles. The van der Waals surface area contributed by atoms with Crippen molar-refractivity contribution in [3.05, 3.63) is 47.0 Å². The predicted octanol–water partition coefficient (Wildman–Crippen LogP) is -0.0336. The Bertz CT molecular complexity index is 720. The van der Waals surface area contributed by atoms with Crippen LogP contribution in [0, 0.1) is 0 Å². The summed E-state index contributed by atoms with van der Waals surface area (Å²) in [5.74, 6) is -0.0217. The van der Waals surface area contributed by atoms with Crippen LogP contribution in [-0.2, 0) is 12.8 Å². The van der Waals surface area contributed by atoms with E-state index in [2.05, 4.69) is 30.1 Å². The van der Waals surface area contributed by atoms with Gasteiger partial charge in [-0.1, -0.05) is 24.3 Å². The fraction of sp³-hybridized carbons (Fsp3) is 0.294. The number of benzene rings is 2. The number of hydrogen-bond donors (Lipinski definition) is 2. The molecule has 2 N–H and O–H groups in total. The molecule has 0 radical (unpaired) electrons. The maximum Gasteiger partial charge on any atom is 1.00 e. The van der Waals surface area contributed by atoms with Gasteiger partial charge >= 0.3 is 1.43 Å². The van der Waals surface area contributed by atoms with Gasteiger partial charge in [-0.05, 0) is 48.2 Å². The molecule has 4 rings (SSSR count). The number of likely N-dealkylation sites (N-methyl/N-ethyl adjacent to an activating group) is 1. The van der Waals surface area contributed by atoms with Crippen LogP contribution >= 0.6 is 0 Å². The largest absolute Gasteiger partial charge is 1.00 e. The van der Waals surface area contributed by atoms with Crippen molar-refractivity contribution < 1.29 is 24.0 Å². The molecule has 0 aromatic heterocycles. The van der Waals surface area contributed by atoms with Gasteiger partial charge in [-0.25, -0.2) is 0 Å². The molecule has 0 saturated carbocycles. The second-order valence-electron chi connectivity index (χ2n) is 5.80. The first-order valence-electron chi connectivity index (χ1n) is 7.03. The van der Waals surface area contributed by atoms with Crippen LogP contribution in [0.15, 0.2) is 30.3 Å². The van der Waals surface area contributed by atoms with Gasteiger partial charge in [0.15, 0.2) is 11.5 Å². The lowest BCUT2D eigenvalue weighted by Gasteiger charge is -2.39. The van der Waals surface area contributed by atoms with Gasteiger partial charge in [0, 0.05) is 18.2 Å². The zero-order chi connectivity index (χ0) is 13.9. The molecular formula is C17H18ClNO2. The Kier molecular flexibility index (Phi) is 3.34. The maximum absolute atomic E-state index is 10.3. The summed E-state index contributed by atoms with van der Waals surface area (Å²) >= 11 is 0. The van der Waals surface area contributed by atoms with Gasteiger partial charge in [0.05, 0.1) is 0 Å². The predicted molar refractivity (Wildman–Crippen MR) is 79.1 cm³/mol. The van der Waals surface area contributed by atoms with E-state index >= 15 is 0 Å². The fourth-order valence-corrected chi connectivity index (χ4v) is 3.67. The molecule has 2 aromatic carbocycles. The van der Waals surface area contributed by atoms with Crippen molar-refractivity contribution in [2.24, 2.45) is 0 Å². The zero-order valence-corrected chi connectivity index (χ0v) is 12.6. The molecule has 2 aliphatic rings. The lowest BCUT2D eigenvalue weighted by atomic mass is 9.77. The highest BCUT2D eigenvalue weighted by atomic mass is 35.5. The van der Waals surface area contributed by atoms with E-state index in [-0.39, 0.29) is 25.3 Å². The molecule has 0 saturated heterocycles. The molecule has 0 amide bonds. The summed E-state index contributed by atoms with van der Waals surface area (Å²) in [5, 5.41) is 20.1. The van der Waals surface area contributed by atoms with E-state index in [0.29, 0.717) is 6.04 Å². The maximum atomic E-state index is 10.3.